The summed E-state index contributed by atoms with van der Waals surface area (Å²) < 4.78 is 27.8. The van der Waals surface area contributed by atoms with Crippen LogP contribution in [0.25, 0.3) is 0 Å². The van der Waals surface area contributed by atoms with Crippen molar-refractivity contribution in [2.45, 2.75) is 50.3 Å². The first kappa shape index (κ1) is 14.9. The SMILES string of the molecule is CC1(CNS(=O)(=O)c2ccc3c(c2)NCC3)CCCCC1. The van der Waals surface area contributed by atoms with Crippen LogP contribution in [-0.4, -0.2) is 21.5 Å². The average molecular weight is 308 g/mol. The molecule has 1 fully saturated rings. The van der Waals surface area contributed by atoms with Gasteiger partial charge in [-0.3, -0.25) is 0 Å². The number of hydrogen-bond acceptors (Lipinski definition) is 3. The van der Waals surface area contributed by atoms with E-state index in [1.165, 1.54) is 24.8 Å². The van der Waals surface area contributed by atoms with Crippen LogP contribution in [0.5, 0.6) is 0 Å². The van der Waals surface area contributed by atoms with Crippen molar-refractivity contribution < 1.29 is 8.42 Å². The number of nitrogens with one attached hydrogen (secondary N) is 2. The maximum atomic E-state index is 12.5. The molecule has 116 valence electrons. The van der Waals surface area contributed by atoms with Gasteiger partial charge >= 0.3 is 0 Å². The van der Waals surface area contributed by atoms with Crippen LogP contribution in [0.15, 0.2) is 23.1 Å². The van der Waals surface area contributed by atoms with Gasteiger partial charge in [0, 0.05) is 18.8 Å². The van der Waals surface area contributed by atoms with E-state index in [-0.39, 0.29) is 5.41 Å². The lowest BCUT2D eigenvalue weighted by atomic mass is 9.76. The molecule has 0 spiro atoms. The molecule has 1 saturated carbocycles. The van der Waals surface area contributed by atoms with E-state index >= 15 is 0 Å². The molecule has 0 aromatic heterocycles. The van der Waals surface area contributed by atoms with E-state index in [1.54, 1.807) is 12.1 Å². The third kappa shape index (κ3) is 3.24. The summed E-state index contributed by atoms with van der Waals surface area (Å²) >= 11 is 0. The summed E-state index contributed by atoms with van der Waals surface area (Å²) in [5.41, 5.74) is 2.27. The molecule has 1 aliphatic heterocycles. The Hall–Kier alpha value is -1.07. The highest BCUT2D eigenvalue weighted by Crippen LogP contribution is 2.35. The molecule has 1 heterocycles. The minimum absolute atomic E-state index is 0.111. The van der Waals surface area contributed by atoms with Gasteiger partial charge in [-0.05, 0) is 42.4 Å². The predicted octanol–water partition coefficient (Wildman–Crippen LogP) is 2.90. The predicted molar refractivity (Wildman–Crippen MR) is 85.0 cm³/mol. The number of benzene rings is 1. The Morgan fingerprint density at radius 1 is 1.24 bits per heavy atom. The molecule has 2 aliphatic rings. The minimum atomic E-state index is -3.41. The van der Waals surface area contributed by atoms with Crippen molar-refractivity contribution in [1.29, 1.82) is 0 Å². The molecular weight excluding hydrogens is 284 g/mol. The molecule has 0 amide bonds. The number of anilines is 1. The third-order valence-electron chi connectivity index (χ3n) is 4.85. The molecule has 1 aliphatic carbocycles. The van der Waals surface area contributed by atoms with Gasteiger partial charge < -0.3 is 5.32 Å². The molecular formula is C16H24N2O2S. The highest BCUT2D eigenvalue weighted by molar-refractivity contribution is 7.89. The van der Waals surface area contributed by atoms with Crippen LogP contribution in [0.1, 0.15) is 44.6 Å². The highest BCUT2D eigenvalue weighted by Gasteiger charge is 2.29. The number of rotatable bonds is 4. The van der Waals surface area contributed by atoms with Crippen LogP contribution >= 0.6 is 0 Å². The summed E-state index contributed by atoms with van der Waals surface area (Å²) in [6.07, 6.45) is 6.89. The Labute approximate surface area is 127 Å². The van der Waals surface area contributed by atoms with Crippen LogP contribution < -0.4 is 10.0 Å². The molecule has 2 N–H and O–H groups in total. The first-order valence-electron chi connectivity index (χ1n) is 7.85. The zero-order chi connectivity index (χ0) is 14.9. The van der Waals surface area contributed by atoms with Crippen molar-refractivity contribution in [3.8, 4) is 0 Å². The zero-order valence-electron chi connectivity index (χ0n) is 12.6. The average Bonchev–Trinajstić information content (AvgIpc) is 2.94. The normalized spacial score (nSPS) is 20.8. The first-order chi connectivity index (χ1) is 9.99. The molecule has 3 rings (SSSR count). The lowest BCUT2D eigenvalue weighted by Crippen LogP contribution is -2.37. The highest BCUT2D eigenvalue weighted by atomic mass is 32.2. The summed E-state index contributed by atoms with van der Waals surface area (Å²) in [6, 6.07) is 5.40. The first-order valence-corrected chi connectivity index (χ1v) is 9.33. The second-order valence-electron chi connectivity index (χ2n) is 6.69. The fraction of sp³-hybridized carbons (Fsp3) is 0.625. The van der Waals surface area contributed by atoms with Crippen LogP contribution in [-0.2, 0) is 16.4 Å². The lowest BCUT2D eigenvalue weighted by Gasteiger charge is -2.33. The summed E-state index contributed by atoms with van der Waals surface area (Å²) in [5.74, 6) is 0. The number of fused-ring (bicyclic) bond motifs is 1. The Balaban J connectivity index is 1.72. The fourth-order valence-corrected chi connectivity index (χ4v) is 4.60. The summed E-state index contributed by atoms with van der Waals surface area (Å²) in [4.78, 5) is 0.370. The molecule has 0 radical (unpaired) electrons. The van der Waals surface area contributed by atoms with Crippen molar-refractivity contribution >= 4 is 15.7 Å². The maximum Gasteiger partial charge on any atom is 0.240 e. The Kier molecular flexibility index (Phi) is 3.97. The Morgan fingerprint density at radius 3 is 2.76 bits per heavy atom. The van der Waals surface area contributed by atoms with Gasteiger partial charge in [0.1, 0.15) is 0 Å². The van der Waals surface area contributed by atoms with E-state index in [0.29, 0.717) is 11.4 Å². The number of hydrogen-bond donors (Lipinski definition) is 2. The molecule has 0 bridgehead atoms. The van der Waals surface area contributed by atoms with Crippen molar-refractivity contribution in [3.63, 3.8) is 0 Å². The van der Waals surface area contributed by atoms with Gasteiger partial charge in [-0.1, -0.05) is 32.3 Å². The van der Waals surface area contributed by atoms with E-state index in [2.05, 4.69) is 17.0 Å². The van der Waals surface area contributed by atoms with E-state index in [0.717, 1.165) is 31.5 Å². The van der Waals surface area contributed by atoms with Gasteiger partial charge in [0.05, 0.1) is 4.90 Å². The molecule has 4 nitrogen and oxygen atoms in total. The minimum Gasteiger partial charge on any atom is -0.384 e. The van der Waals surface area contributed by atoms with Gasteiger partial charge in [0.2, 0.25) is 10.0 Å². The second-order valence-corrected chi connectivity index (χ2v) is 8.46. The Morgan fingerprint density at radius 2 is 2.00 bits per heavy atom. The molecule has 5 heteroatoms. The summed E-state index contributed by atoms with van der Waals surface area (Å²) in [5, 5.41) is 3.23. The van der Waals surface area contributed by atoms with Gasteiger partial charge in [-0.15, -0.1) is 0 Å². The standard InChI is InChI=1S/C16H24N2O2S/c1-16(8-3-2-4-9-16)12-18-21(19,20)14-6-5-13-7-10-17-15(13)11-14/h5-6,11,17-18H,2-4,7-10,12H2,1H3. The van der Waals surface area contributed by atoms with Crippen LogP contribution in [0, 0.1) is 5.41 Å². The maximum absolute atomic E-state index is 12.5. The smallest absolute Gasteiger partial charge is 0.240 e. The van der Waals surface area contributed by atoms with Crippen LogP contribution in [0.2, 0.25) is 0 Å². The van der Waals surface area contributed by atoms with E-state index < -0.39 is 10.0 Å². The number of sulfonamides is 1. The van der Waals surface area contributed by atoms with Crippen molar-refractivity contribution in [2.24, 2.45) is 5.41 Å². The van der Waals surface area contributed by atoms with Gasteiger partial charge in [0.25, 0.3) is 0 Å². The second kappa shape index (κ2) is 5.61. The van der Waals surface area contributed by atoms with Crippen LogP contribution in [0.3, 0.4) is 0 Å². The monoisotopic (exact) mass is 308 g/mol. The van der Waals surface area contributed by atoms with Gasteiger partial charge in [-0.2, -0.15) is 0 Å². The van der Waals surface area contributed by atoms with E-state index in [1.807, 2.05) is 6.07 Å². The van der Waals surface area contributed by atoms with Crippen molar-refractivity contribution in [2.75, 3.05) is 18.4 Å². The van der Waals surface area contributed by atoms with E-state index in [4.69, 9.17) is 0 Å². The molecule has 1 aromatic rings. The largest absolute Gasteiger partial charge is 0.384 e. The molecule has 1 aromatic carbocycles. The van der Waals surface area contributed by atoms with Crippen molar-refractivity contribution in [3.05, 3.63) is 23.8 Å². The summed E-state index contributed by atoms with van der Waals surface area (Å²) in [6.45, 7) is 3.63. The quantitative estimate of drug-likeness (QED) is 0.899. The van der Waals surface area contributed by atoms with Gasteiger partial charge in [-0.25, -0.2) is 13.1 Å². The topological polar surface area (TPSA) is 58.2 Å². The van der Waals surface area contributed by atoms with Gasteiger partial charge in [0.15, 0.2) is 0 Å². The lowest BCUT2D eigenvalue weighted by molar-refractivity contribution is 0.219. The van der Waals surface area contributed by atoms with Crippen LogP contribution in [0.4, 0.5) is 5.69 Å². The zero-order valence-corrected chi connectivity index (χ0v) is 13.4. The fourth-order valence-electron chi connectivity index (χ4n) is 3.37. The van der Waals surface area contributed by atoms with E-state index in [9.17, 15) is 8.42 Å². The summed E-state index contributed by atoms with van der Waals surface area (Å²) in [7, 11) is -3.41. The molecule has 21 heavy (non-hydrogen) atoms. The molecule has 0 saturated heterocycles. The van der Waals surface area contributed by atoms with Crippen molar-refractivity contribution in [1.82, 2.24) is 4.72 Å². The molecule has 0 atom stereocenters. The third-order valence-corrected chi connectivity index (χ3v) is 6.25. The molecule has 0 unspecified atom stereocenters. The Bertz CT molecular complexity index is 619.